The number of carbonyl (C=O) groups is 4. The van der Waals surface area contributed by atoms with Crippen LogP contribution in [0.1, 0.15) is 105 Å². The number of rotatable bonds is 11. The minimum atomic E-state index is -1.85. The number of carboxylic acids is 2. The van der Waals surface area contributed by atoms with Crippen molar-refractivity contribution >= 4 is 24.1 Å². The van der Waals surface area contributed by atoms with Gasteiger partial charge >= 0.3 is 24.1 Å². The third-order valence-electron chi connectivity index (χ3n) is 7.56. The van der Waals surface area contributed by atoms with E-state index in [1.165, 1.54) is 13.8 Å². The standard InChI is InChI=1S/C34H48N2O8/c1-11-25(33(9,27(37)38)35-29(41)43-31(3,4)5)23-19-18-22(21-16-14-13-15-17-21)20-24(23)26(12-2)34(10,28(39)40)36-30(42)44-32(6,7)8/h13-20,25-26H,11-12H2,1-10H3,(H,35,41)(H,36,42)(H,37,38)(H,39,40). The first-order valence-electron chi connectivity index (χ1n) is 14.9. The Morgan fingerprint density at radius 3 is 1.41 bits per heavy atom. The van der Waals surface area contributed by atoms with Gasteiger partial charge < -0.3 is 30.3 Å². The minimum absolute atomic E-state index is 0.267. The van der Waals surface area contributed by atoms with E-state index >= 15 is 0 Å². The van der Waals surface area contributed by atoms with Gasteiger partial charge in [0, 0.05) is 11.8 Å². The lowest BCUT2D eigenvalue weighted by atomic mass is 9.70. The molecule has 10 nitrogen and oxygen atoms in total. The van der Waals surface area contributed by atoms with Crippen LogP contribution >= 0.6 is 0 Å². The number of alkyl carbamates (subject to hydrolysis) is 2. The normalized spacial score (nSPS) is 16.0. The van der Waals surface area contributed by atoms with E-state index in [2.05, 4.69) is 10.6 Å². The van der Waals surface area contributed by atoms with Crippen LogP contribution in [0.4, 0.5) is 9.59 Å². The number of amides is 2. The summed E-state index contributed by atoms with van der Waals surface area (Å²) in [5.41, 5.74) is -2.72. The fraction of sp³-hybridized carbons (Fsp3) is 0.529. The molecule has 0 radical (unpaired) electrons. The van der Waals surface area contributed by atoms with Crippen LogP contribution in [0.25, 0.3) is 11.1 Å². The molecule has 0 spiro atoms. The number of aliphatic carboxylic acids is 2. The zero-order chi connectivity index (χ0) is 33.7. The van der Waals surface area contributed by atoms with Gasteiger partial charge in [0.05, 0.1) is 0 Å². The first-order chi connectivity index (χ1) is 20.2. The fourth-order valence-electron chi connectivity index (χ4n) is 5.49. The van der Waals surface area contributed by atoms with E-state index in [4.69, 9.17) is 9.47 Å². The van der Waals surface area contributed by atoms with Crippen molar-refractivity contribution in [1.82, 2.24) is 10.6 Å². The summed E-state index contributed by atoms with van der Waals surface area (Å²) in [5.74, 6) is -4.22. The third-order valence-corrected chi connectivity index (χ3v) is 7.56. The SMILES string of the molecule is CCC(c1ccc(-c2ccccc2)cc1C(CC)C(C)(NC(=O)OC(C)(C)C)C(=O)O)C(C)(NC(=O)OC(C)(C)C)C(=O)O. The maximum absolute atomic E-state index is 12.9. The largest absolute Gasteiger partial charge is 0.479 e. The van der Waals surface area contributed by atoms with Crippen LogP contribution in [0.15, 0.2) is 48.5 Å². The molecule has 0 aromatic heterocycles. The number of hydrogen-bond acceptors (Lipinski definition) is 6. The van der Waals surface area contributed by atoms with Crippen molar-refractivity contribution in [2.45, 2.75) is 116 Å². The Bertz CT molecular complexity index is 1350. The Balaban J connectivity index is 2.85. The monoisotopic (exact) mass is 612 g/mol. The van der Waals surface area contributed by atoms with Crippen LogP contribution < -0.4 is 10.6 Å². The van der Waals surface area contributed by atoms with E-state index in [0.717, 1.165) is 11.1 Å². The molecule has 2 amide bonds. The summed E-state index contributed by atoms with van der Waals surface area (Å²) < 4.78 is 10.8. The van der Waals surface area contributed by atoms with E-state index in [9.17, 15) is 29.4 Å². The van der Waals surface area contributed by atoms with Gasteiger partial charge in [-0.1, -0.05) is 62.4 Å². The average Bonchev–Trinajstić information content (AvgIpc) is 2.88. The first-order valence-corrected chi connectivity index (χ1v) is 14.9. The molecule has 10 heteroatoms. The zero-order valence-corrected chi connectivity index (χ0v) is 27.5. The fourth-order valence-corrected chi connectivity index (χ4v) is 5.49. The van der Waals surface area contributed by atoms with Gasteiger partial charge in [0.1, 0.15) is 22.3 Å². The van der Waals surface area contributed by atoms with Crippen LogP contribution in [0.2, 0.25) is 0 Å². The molecule has 0 bridgehead atoms. The van der Waals surface area contributed by atoms with Gasteiger partial charge in [-0.3, -0.25) is 0 Å². The average molecular weight is 613 g/mol. The maximum atomic E-state index is 12.9. The highest BCUT2D eigenvalue weighted by atomic mass is 16.6. The molecule has 2 rings (SSSR count). The van der Waals surface area contributed by atoms with Gasteiger partial charge in [0.15, 0.2) is 0 Å². The molecule has 4 N–H and O–H groups in total. The maximum Gasteiger partial charge on any atom is 0.408 e. The summed E-state index contributed by atoms with van der Waals surface area (Å²) >= 11 is 0. The third kappa shape index (κ3) is 8.74. The first kappa shape index (κ1) is 36.1. The molecule has 0 aliphatic heterocycles. The van der Waals surface area contributed by atoms with Crippen LogP contribution in [0, 0.1) is 0 Å². The number of carbonyl (C=O) groups excluding carboxylic acids is 2. The van der Waals surface area contributed by atoms with Crippen molar-refractivity contribution in [1.29, 1.82) is 0 Å². The Labute approximate surface area is 260 Å². The zero-order valence-electron chi connectivity index (χ0n) is 27.5. The predicted molar refractivity (Wildman–Crippen MR) is 169 cm³/mol. The highest BCUT2D eigenvalue weighted by Crippen LogP contribution is 2.43. The molecule has 4 atom stereocenters. The Kier molecular flexibility index (Phi) is 11.2. The van der Waals surface area contributed by atoms with Gasteiger partial charge in [0.25, 0.3) is 0 Å². The Morgan fingerprint density at radius 2 is 1.05 bits per heavy atom. The molecule has 2 aromatic carbocycles. The highest BCUT2D eigenvalue weighted by molar-refractivity contribution is 5.87. The number of ether oxygens (including phenoxy) is 2. The molecular formula is C34H48N2O8. The molecule has 4 unspecified atom stereocenters. The van der Waals surface area contributed by atoms with Gasteiger partial charge in [-0.05, 0) is 90.5 Å². The second kappa shape index (κ2) is 13.7. The summed E-state index contributed by atoms with van der Waals surface area (Å²) in [6, 6.07) is 14.9. The van der Waals surface area contributed by atoms with Crippen LogP contribution in [-0.4, -0.2) is 56.6 Å². The summed E-state index contributed by atoms with van der Waals surface area (Å²) in [6.45, 7) is 16.5. The van der Waals surface area contributed by atoms with E-state index in [0.29, 0.717) is 11.1 Å². The molecule has 2 aromatic rings. The predicted octanol–water partition coefficient (Wildman–Crippen LogP) is 7.08. The number of carboxylic acid groups (broad SMARTS) is 2. The van der Waals surface area contributed by atoms with E-state index in [1.54, 1.807) is 61.5 Å². The van der Waals surface area contributed by atoms with Crippen molar-refractivity contribution in [3.05, 3.63) is 59.7 Å². The molecule has 0 fully saturated rings. The van der Waals surface area contributed by atoms with Gasteiger partial charge in [-0.25, -0.2) is 19.2 Å². The van der Waals surface area contributed by atoms with Gasteiger partial charge in [0.2, 0.25) is 0 Å². The molecule has 44 heavy (non-hydrogen) atoms. The van der Waals surface area contributed by atoms with Crippen molar-refractivity contribution < 1.29 is 38.9 Å². The number of benzene rings is 2. The van der Waals surface area contributed by atoms with Crippen LogP contribution in [0.3, 0.4) is 0 Å². The lowest BCUT2D eigenvalue weighted by Gasteiger charge is -2.40. The smallest absolute Gasteiger partial charge is 0.408 e. The lowest BCUT2D eigenvalue weighted by Crippen LogP contribution is -2.58. The lowest BCUT2D eigenvalue weighted by molar-refractivity contribution is -0.146. The summed E-state index contributed by atoms with van der Waals surface area (Å²) in [6.07, 6.45) is -1.24. The van der Waals surface area contributed by atoms with Gasteiger partial charge in [-0.2, -0.15) is 0 Å². The molecule has 0 heterocycles. The van der Waals surface area contributed by atoms with Gasteiger partial charge in [-0.15, -0.1) is 0 Å². The topological polar surface area (TPSA) is 151 Å². The Morgan fingerprint density at radius 1 is 0.636 bits per heavy atom. The molecule has 0 saturated heterocycles. The molecular weight excluding hydrogens is 564 g/mol. The quantitative estimate of drug-likeness (QED) is 0.210. The van der Waals surface area contributed by atoms with E-state index in [-0.39, 0.29) is 12.8 Å². The summed E-state index contributed by atoms with van der Waals surface area (Å²) in [7, 11) is 0. The van der Waals surface area contributed by atoms with Crippen molar-refractivity contribution in [3.63, 3.8) is 0 Å². The molecule has 242 valence electrons. The molecule has 0 aliphatic carbocycles. The molecule has 0 saturated carbocycles. The van der Waals surface area contributed by atoms with Crippen LogP contribution in [0.5, 0.6) is 0 Å². The van der Waals surface area contributed by atoms with E-state index < -0.39 is 58.2 Å². The molecule has 0 aliphatic rings. The Hall–Kier alpha value is -4.08. The van der Waals surface area contributed by atoms with Crippen molar-refractivity contribution in [2.24, 2.45) is 0 Å². The van der Waals surface area contributed by atoms with Crippen molar-refractivity contribution in [3.8, 4) is 11.1 Å². The van der Waals surface area contributed by atoms with Crippen LogP contribution in [-0.2, 0) is 19.1 Å². The number of nitrogens with one attached hydrogen (secondary N) is 2. The summed E-state index contributed by atoms with van der Waals surface area (Å²) in [4.78, 5) is 51.7. The highest BCUT2D eigenvalue weighted by Gasteiger charge is 2.48. The number of hydrogen-bond donors (Lipinski definition) is 4. The summed E-state index contributed by atoms with van der Waals surface area (Å²) in [5, 5.41) is 26.2. The minimum Gasteiger partial charge on any atom is -0.479 e. The second-order valence-corrected chi connectivity index (χ2v) is 13.4. The van der Waals surface area contributed by atoms with E-state index in [1.807, 2.05) is 42.5 Å². The second-order valence-electron chi connectivity index (χ2n) is 13.4. The van der Waals surface area contributed by atoms with Crippen molar-refractivity contribution in [2.75, 3.05) is 0 Å².